The van der Waals surface area contributed by atoms with E-state index in [0.717, 1.165) is 5.57 Å². The van der Waals surface area contributed by atoms with E-state index in [9.17, 15) is 14.9 Å². The van der Waals surface area contributed by atoms with Crippen LogP contribution >= 0.6 is 0 Å². The molecular weight excluding hydrogens is 286 g/mol. The molecule has 1 amide bonds. The maximum absolute atomic E-state index is 12.1. The van der Waals surface area contributed by atoms with Crippen molar-refractivity contribution < 1.29 is 14.5 Å². The van der Waals surface area contributed by atoms with Gasteiger partial charge in [0.2, 0.25) is 0 Å². The fraction of sp³-hybridized carbons (Fsp3) is 0.467. The normalized spacial score (nSPS) is 15.2. The van der Waals surface area contributed by atoms with Gasteiger partial charge >= 0.3 is 6.09 Å². The first-order chi connectivity index (χ1) is 10.3. The molecule has 1 aliphatic heterocycles. The Balaban J connectivity index is 2.08. The summed E-state index contributed by atoms with van der Waals surface area (Å²) in [4.78, 5) is 28.0. The lowest BCUT2D eigenvalue weighted by molar-refractivity contribution is -0.385. The molecule has 0 spiro atoms. The lowest BCUT2D eigenvalue weighted by Crippen LogP contribution is -2.39. The van der Waals surface area contributed by atoms with E-state index in [0.29, 0.717) is 25.2 Å². The molecule has 0 fully saturated rings. The van der Waals surface area contributed by atoms with Crippen LogP contribution in [0.15, 0.2) is 24.4 Å². The molecule has 0 atom stereocenters. The van der Waals surface area contributed by atoms with Crippen molar-refractivity contribution in [3.05, 3.63) is 40.2 Å². The van der Waals surface area contributed by atoms with Crippen molar-refractivity contribution in [3.8, 4) is 0 Å². The molecule has 0 aromatic carbocycles. The van der Waals surface area contributed by atoms with Crippen molar-refractivity contribution in [1.82, 2.24) is 9.88 Å². The zero-order chi connectivity index (χ0) is 16.3. The van der Waals surface area contributed by atoms with Crippen LogP contribution in [0.5, 0.6) is 0 Å². The molecule has 118 valence electrons. The van der Waals surface area contributed by atoms with Crippen LogP contribution in [0.4, 0.5) is 10.5 Å². The number of pyridine rings is 1. The summed E-state index contributed by atoms with van der Waals surface area (Å²) in [6, 6.07) is 3.01. The van der Waals surface area contributed by atoms with Gasteiger partial charge in [-0.05, 0) is 38.8 Å². The molecular formula is C15H19N3O4. The highest BCUT2D eigenvalue weighted by Crippen LogP contribution is 2.22. The van der Waals surface area contributed by atoms with Crippen LogP contribution in [0.1, 0.15) is 32.9 Å². The van der Waals surface area contributed by atoms with Gasteiger partial charge in [0.05, 0.1) is 17.2 Å². The molecule has 0 aliphatic carbocycles. The van der Waals surface area contributed by atoms with E-state index in [2.05, 4.69) is 4.98 Å². The van der Waals surface area contributed by atoms with Gasteiger partial charge < -0.3 is 9.64 Å². The van der Waals surface area contributed by atoms with Crippen LogP contribution < -0.4 is 0 Å². The van der Waals surface area contributed by atoms with Gasteiger partial charge in [0.15, 0.2) is 0 Å². The summed E-state index contributed by atoms with van der Waals surface area (Å²) in [5.74, 6) is 0. The van der Waals surface area contributed by atoms with Gasteiger partial charge in [0.1, 0.15) is 11.8 Å². The number of carbonyl (C=O) groups excluding carboxylic acids is 1. The van der Waals surface area contributed by atoms with E-state index >= 15 is 0 Å². The number of nitrogens with zero attached hydrogens (tertiary/aromatic N) is 3. The molecule has 1 aliphatic rings. The molecule has 0 saturated heterocycles. The summed E-state index contributed by atoms with van der Waals surface area (Å²) in [6.07, 6.45) is 3.56. The van der Waals surface area contributed by atoms with Crippen molar-refractivity contribution in [2.45, 2.75) is 32.8 Å². The summed E-state index contributed by atoms with van der Waals surface area (Å²) >= 11 is 0. The number of amides is 1. The zero-order valence-electron chi connectivity index (χ0n) is 12.9. The van der Waals surface area contributed by atoms with E-state index in [1.165, 1.54) is 12.3 Å². The molecule has 0 N–H and O–H groups in total. The van der Waals surface area contributed by atoms with E-state index in [1.54, 1.807) is 11.0 Å². The zero-order valence-corrected chi connectivity index (χ0v) is 12.9. The average Bonchev–Trinajstić information content (AvgIpc) is 2.46. The van der Waals surface area contributed by atoms with Crippen molar-refractivity contribution in [2.24, 2.45) is 0 Å². The van der Waals surface area contributed by atoms with E-state index in [-0.39, 0.29) is 11.8 Å². The highest BCUT2D eigenvalue weighted by atomic mass is 16.6. The number of rotatable bonds is 2. The lowest BCUT2D eigenvalue weighted by atomic mass is 10.1. The quantitative estimate of drug-likeness (QED) is 0.619. The lowest BCUT2D eigenvalue weighted by Gasteiger charge is -2.30. The Labute approximate surface area is 128 Å². The topological polar surface area (TPSA) is 85.6 Å². The Morgan fingerprint density at radius 2 is 2.14 bits per heavy atom. The summed E-state index contributed by atoms with van der Waals surface area (Å²) in [7, 11) is 0. The largest absolute Gasteiger partial charge is 0.444 e. The van der Waals surface area contributed by atoms with Crippen molar-refractivity contribution in [2.75, 3.05) is 13.1 Å². The first-order valence-corrected chi connectivity index (χ1v) is 7.04. The molecule has 0 saturated carbocycles. The van der Waals surface area contributed by atoms with Crippen LogP contribution in [-0.4, -0.2) is 39.6 Å². The van der Waals surface area contributed by atoms with E-state index in [1.807, 2.05) is 26.8 Å². The van der Waals surface area contributed by atoms with Crippen molar-refractivity contribution in [3.63, 3.8) is 0 Å². The van der Waals surface area contributed by atoms with Gasteiger partial charge in [0.25, 0.3) is 5.69 Å². The summed E-state index contributed by atoms with van der Waals surface area (Å²) in [5.41, 5.74) is 0.916. The Hall–Kier alpha value is -2.44. The van der Waals surface area contributed by atoms with Gasteiger partial charge in [-0.25, -0.2) is 9.78 Å². The van der Waals surface area contributed by atoms with Crippen LogP contribution in [0.3, 0.4) is 0 Å². The van der Waals surface area contributed by atoms with Crippen LogP contribution in [0.25, 0.3) is 5.57 Å². The molecule has 1 aromatic rings. The third kappa shape index (κ3) is 4.03. The number of aromatic nitrogens is 1. The second kappa shape index (κ2) is 6.13. The number of nitro groups is 1. The number of carbonyl (C=O) groups is 1. The summed E-state index contributed by atoms with van der Waals surface area (Å²) < 4.78 is 5.36. The minimum Gasteiger partial charge on any atom is -0.444 e. The van der Waals surface area contributed by atoms with E-state index in [4.69, 9.17) is 4.74 Å². The fourth-order valence-corrected chi connectivity index (χ4v) is 2.10. The molecule has 0 radical (unpaired) electrons. The highest BCUT2D eigenvalue weighted by Gasteiger charge is 2.25. The maximum Gasteiger partial charge on any atom is 0.410 e. The molecule has 0 unspecified atom stereocenters. The van der Waals surface area contributed by atoms with Crippen molar-refractivity contribution in [1.29, 1.82) is 0 Å². The maximum atomic E-state index is 12.1. The highest BCUT2D eigenvalue weighted by molar-refractivity contribution is 5.74. The first-order valence-electron chi connectivity index (χ1n) is 7.04. The van der Waals surface area contributed by atoms with Gasteiger partial charge in [-0.1, -0.05) is 6.08 Å². The number of ether oxygens (including phenoxy) is 1. The second-order valence-corrected chi connectivity index (χ2v) is 6.08. The standard InChI is InChI=1S/C15H19N3O4/c1-15(2,3)22-14(19)17-8-4-5-11(10-17)13-7-6-12(9-16-13)18(20)21/h5-7,9H,4,8,10H2,1-3H3. The van der Waals surface area contributed by atoms with Crippen LogP contribution in [0.2, 0.25) is 0 Å². The first kappa shape index (κ1) is 15.9. The van der Waals surface area contributed by atoms with Crippen LogP contribution in [0, 0.1) is 10.1 Å². The minimum atomic E-state index is -0.538. The molecule has 7 nitrogen and oxygen atoms in total. The number of hydrogen-bond donors (Lipinski definition) is 0. The Bertz CT molecular complexity index is 602. The van der Waals surface area contributed by atoms with Gasteiger partial charge in [0, 0.05) is 12.6 Å². The third-order valence-electron chi connectivity index (χ3n) is 3.09. The third-order valence-corrected chi connectivity index (χ3v) is 3.09. The molecule has 2 rings (SSSR count). The Morgan fingerprint density at radius 1 is 1.41 bits per heavy atom. The molecule has 22 heavy (non-hydrogen) atoms. The predicted octanol–water partition coefficient (Wildman–Crippen LogP) is 3.01. The van der Waals surface area contributed by atoms with E-state index < -0.39 is 10.5 Å². The molecule has 2 heterocycles. The summed E-state index contributed by atoms with van der Waals surface area (Å²) in [6.45, 7) is 6.45. The Morgan fingerprint density at radius 3 is 2.68 bits per heavy atom. The second-order valence-electron chi connectivity index (χ2n) is 6.08. The molecule has 7 heteroatoms. The van der Waals surface area contributed by atoms with Crippen molar-refractivity contribution >= 4 is 17.4 Å². The van der Waals surface area contributed by atoms with Crippen LogP contribution in [-0.2, 0) is 4.74 Å². The predicted molar refractivity (Wildman–Crippen MR) is 81.3 cm³/mol. The van der Waals surface area contributed by atoms with Gasteiger partial charge in [-0.2, -0.15) is 0 Å². The molecule has 1 aromatic heterocycles. The van der Waals surface area contributed by atoms with Gasteiger partial charge in [-0.3, -0.25) is 10.1 Å². The van der Waals surface area contributed by atoms with Gasteiger partial charge in [-0.15, -0.1) is 0 Å². The number of hydrogen-bond acceptors (Lipinski definition) is 5. The SMILES string of the molecule is CC(C)(C)OC(=O)N1CCC=C(c2ccc([N+](=O)[O-])cn2)C1. The fourth-order valence-electron chi connectivity index (χ4n) is 2.10. The average molecular weight is 305 g/mol. The monoisotopic (exact) mass is 305 g/mol. The molecule has 0 bridgehead atoms. The minimum absolute atomic E-state index is 0.0517. The Kier molecular flexibility index (Phi) is 4.44. The smallest absolute Gasteiger partial charge is 0.410 e. The summed E-state index contributed by atoms with van der Waals surface area (Å²) in [5, 5.41) is 10.6.